The smallest absolute Gasteiger partial charge is 0.311 e. The lowest BCUT2D eigenvalue weighted by Gasteiger charge is -2.33. The lowest BCUT2D eigenvalue weighted by atomic mass is 10.1. The molecular weight excluding hydrogens is 402 g/mol. The van der Waals surface area contributed by atoms with Crippen LogP contribution in [0.4, 0.5) is 11.6 Å². The average molecular weight is 430 g/mol. The highest BCUT2D eigenvalue weighted by Gasteiger charge is 2.30. The van der Waals surface area contributed by atoms with Gasteiger partial charge in [0, 0.05) is 32.4 Å². The number of nitrogens with zero attached hydrogens (tertiary/aromatic N) is 5. The quantitative estimate of drug-likeness (QED) is 0.500. The van der Waals surface area contributed by atoms with Gasteiger partial charge in [0.2, 0.25) is 5.95 Å². The summed E-state index contributed by atoms with van der Waals surface area (Å²) in [4.78, 5) is 33.6. The molecule has 1 aliphatic rings. The number of hydrogen-bond donors (Lipinski definition) is 0. The minimum absolute atomic E-state index is 0.267. The van der Waals surface area contributed by atoms with E-state index in [0.717, 1.165) is 29.3 Å². The second-order valence-corrected chi connectivity index (χ2v) is 8.73. The summed E-state index contributed by atoms with van der Waals surface area (Å²) in [6, 6.07) is 18.1. The highest BCUT2D eigenvalue weighted by atomic mass is 16.2. The van der Waals surface area contributed by atoms with Gasteiger partial charge in [-0.15, -0.1) is 0 Å². The van der Waals surface area contributed by atoms with Crippen LogP contribution in [0.2, 0.25) is 0 Å². The summed E-state index contributed by atoms with van der Waals surface area (Å²) in [7, 11) is 1.70. The van der Waals surface area contributed by atoms with Crippen molar-refractivity contribution in [2.75, 3.05) is 11.4 Å². The van der Waals surface area contributed by atoms with Gasteiger partial charge in [0.25, 0.3) is 5.56 Å². The average Bonchev–Trinajstić information content (AvgIpc) is 3.18. The van der Waals surface area contributed by atoms with Gasteiger partial charge in [-0.05, 0) is 36.5 Å². The summed E-state index contributed by atoms with van der Waals surface area (Å²) in [6.07, 6.45) is 0.619. The molecule has 5 rings (SSSR count). The fraction of sp³-hybridized carbons (Fsp3) is 0.320. The number of aromatic nitrogens is 4. The predicted octanol–water partition coefficient (Wildman–Crippen LogP) is 3.24. The highest BCUT2D eigenvalue weighted by molar-refractivity contribution is 5.77. The standard InChI is InChI=1S/C25H27N5O2/c1-17-15-29(20-12-8-7-9-18(20)2)24-26-22-21(30(24)16-17)23(31)28(25(32)27(22)3)14-13-19-10-5-4-6-11-19/h4-12,17H,13-16H2,1-3H3/t17-/m1/s1. The molecule has 0 amide bonds. The Bertz CT molecular complexity index is 1410. The van der Waals surface area contributed by atoms with E-state index in [1.165, 1.54) is 9.13 Å². The maximum absolute atomic E-state index is 13.5. The molecule has 164 valence electrons. The molecule has 7 nitrogen and oxygen atoms in total. The van der Waals surface area contributed by atoms with Crippen LogP contribution < -0.4 is 16.1 Å². The SMILES string of the molecule is Cc1ccccc1N1C[C@@H](C)Cn2c1nc1c2c(=O)n(CCc2ccccc2)c(=O)n1C. The van der Waals surface area contributed by atoms with Gasteiger partial charge in [-0.25, -0.2) is 4.79 Å². The van der Waals surface area contributed by atoms with Crippen LogP contribution in [0.1, 0.15) is 18.1 Å². The van der Waals surface area contributed by atoms with E-state index in [0.29, 0.717) is 36.6 Å². The third-order valence-corrected chi connectivity index (χ3v) is 6.32. The summed E-state index contributed by atoms with van der Waals surface area (Å²) in [5.41, 5.74) is 3.66. The van der Waals surface area contributed by atoms with Gasteiger partial charge in [-0.1, -0.05) is 55.5 Å². The zero-order chi connectivity index (χ0) is 22.4. The van der Waals surface area contributed by atoms with E-state index < -0.39 is 0 Å². The molecule has 0 saturated carbocycles. The second kappa shape index (κ2) is 7.82. The zero-order valence-corrected chi connectivity index (χ0v) is 18.7. The van der Waals surface area contributed by atoms with E-state index in [1.54, 1.807) is 7.05 Å². The number of para-hydroxylation sites is 1. The van der Waals surface area contributed by atoms with Crippen molar-refractivity contribution in [2.45, 2.75) is 33.4 Å². The number of rotatable bonds is 4. The third kappa shape index (κ3) is 3.25. The first-order valence-corrected chi connectivity index (χ1v) is 11.0. The molecule has 0 saturated heterocycles. The van der Waals surface area contributed by atoms with Crippen LogP contribution in [0.5, 0.6) is 0 Å². The molecule has 0 unspecified atom stereocenters. The number of anilines is 2. The molecule has 4 aromatic rings. The first-order chi connectivity index (χ1) is 15.5. The van der Waals surface area contributed by atoms with E-state index in [-0.39, 0.29) is 11.2 Å². The number of hydrogen-bond acceptors (Lipinski definition) is 4. The van der Waals surface area contributed by atoms with Gasteiger partial charge in [0.1, 0.15) is 0 Å². The van der Waals surface area contributed by atoms with Crippen LogP contribution in [-0.4, -0.2) is 25.2 Å². The Morgan fingerprint density at radius 1 is 1.00 bits per heavy atom. The molecule has 3 heterocycles. The van der Waals surface area contributed by atoms with Crippen LogP contribution in [0, 0.1) is 12.8 Å². The van der Waals surface area contributed by atoms with Gasteiger partial charge in [-0.3, -0.25) is 13.9 Å². The van der Waals surface area contributed by atoms with E-state index in [9.17, 15) is 9.59 Å². The molecule has 0 N–H and O–H groups in total. The van der Waals surface area contributed by atoms with Crippen molar-refractivity contribution < 1.29 is 0 Å². The van der Waals surface area contributed by atoms with E-state index in [1.807, 2.05) is 47.0 Å². The molecule has 0 fully saturated rings. The summed E-state index contributed by atoms with van der Waals surface area (Å²) in [5, 5.41) is 0. The van der Waals surface area contributed by atoms with Crippen molar-refractivity contribution in [2.24, 2.45) is 13.0 Å². The van der Waals surface area contributed by atoms with Crippen molar-refractivity contribution >= 4 is 22.8 Å². The molecule has 1 atom stereocenters. The molecule has 7 heteroatoms. The second-order valence-electron chi connectivity index (χ2n) is 8.73. The molecule has 32 heavy (non-hydrogen) atoms. The van der Waals surface area contributed by atoms with Crippen molar-refractivity contribution in [1.29, 1.82) is 0 Å². The van der Waals surface area contributed by atoms with Gasteiger partial charge in [0.05, 0.1) is 0 Å². The third-order valence-electron chi connectivity index (χ3n) is 6.32. The Hall–Kier alpha value is -3.61. The topological polar surface area (TPSA) is 65.1 Å². The van der Waals surface area contributed by atoms with Crippen LogP contribution in [0.25, 0.3) is 11.2 Å². The Labute approximate surface area is 186 Å². The van der Waals surface area contributed by atoms with Gasteiger partial charge in [-0.2, -0.15) is 4.98 Å². The zero-order valence-electron chi connectivity index (χ0n) is 18.7. The molecule has 2 aromatic heterocycles. The number of imidazole rings is 1. The maximum Gasteiger partial charge on any atom is 0.332 e. The molecule has 0 bridgehead atoms. The van der Waals surface area contributed by atoms with E-state index in [4.69, 9.17) is 4.98 Å². The van der Waals surface area contributed by atoms with Crippen LogP contribution in [0.3, 0.4) is 0 Å². The molecule has 2 aromatic carbocycles. The van der Waals surface area contributed by atoms with Crippen molar-refractivity contribution in [3.63, 3.8) is 0 Å². The molecular formula is C25H27N5O2. The lowest BCUT2D eigenvalue weighted by Crippen LogP contribution is -2.40. The highest BCUT2D eigenvalue weighted by Crippen LogP contribution is 2.34. The fourth-order valence-corrected chi connectivity index (χ4v) is 4.66. The van der Waals surface area contributed by atoms with Crippen molar-refractivity contribution in [3.05, 3.63) is 86.6 Å². The number of aryl methyl sites for hydroxylation is 3. The maximum atomic E-state index is 13.5. The van der Waals surface area contributed by atoms with E-state index >= 15 is 0 Å². The Morgan fingerprint density at radius 3 is 2.47 bits per heavy atom. The lowest BCUT2D eigenvalue weighted by molar-refractivity contribution is 0.457. The Morgan fingerprint density at radius 2 is 1.72 bits per heavy atom. The van der Waals surface area contributed by atoms with Crippen molar-refractivity contribution in [3.8, 4) is 0 Å². The van der Waals surface area contributed by atoms with Gasteiger partial charge < -0.3 is 9.47 Å². The summed E-state index contributed by atoms with van der Waals surface area (Å²) in [5.74, 6) is 1.05. The Kier molecular flexibility index (Phi) is 4.96. The summed E-state index contributed by atoms with van der Waals surface area (Å²) >= 11 is 0. The predicted molar refractivity (Wildman–Crippen MR) is 127 cm³/mol. The molecule has 0 aliphatic carbocycles. The fourth-order valence-electron chi connectivity index (χ4n) is 4.66. The first kappa shape index (κ1) is 20.3. The van der Waals surface area contributed by atoms with Gasteiger partial charge in [0.15, 0.2) is 11.2 Å². The molecule has 0 spiro atoms. The normalized spacial score (nSPS) is 15.8. The monoisotopic (exact) mass is 429 g/mol. The van der Waals surface area contributed by atoms with Crippen molar-refractivity contribution in [1.82, 2.24) is 18.7 Å². The molecule has 0 radical (unpaired) electrons. The summed E-state index contributed by atoms with van der Waals surface area (Å²) < 4.78 is 4.85. The molecule has 1 aliphatic heterocycles. The van der Waals surface area contributed by atoms with E-state index in [2.05, 4.69) is 30.9 Å². The van der Waals surface area contributed by atoms with Crippen LogP contribution >= 0.6 is 0 Å². The minimum Gasteiger partial charge on any atom is -0.311 e. The Balaban J connectivity index is 1.67. The first-order valence-electron chi connectivity index (χ1n) is 11.0. The summed E-state index contributed by atoms with van der Waals surface area (Å²) in [6.45, 7) is 6.09. The largest absolute Gasteiger partial charge is 0.332 e. The van der Waals surface area contributed by atoms with Crippen LogP contribution in [0.15, 0.2) is 64.2 Å². The number of benzene rings is 2. The van der Waals surface area contributed by atoms with Crippen LogP contribution in [-0.2, 0) is 26.6 Å². The minimum atomic E-state index is -0.329. The van der Waals surface area contributed by atoms with Gasteiger partial charge >= 0.3 is 5.69 Å². The number of fused-ring (bicyclic) bond motifs is 3.